The molecule has 9 nitrogen and oxygen atoms in total. The van der Waals surface area contributed by atoms with Crippen LogP contribution < -0.4 is 16.3 Å². The fourth-order valence-electron chi connectivity index (χ4n) is 7.51. The maximum atomic E-state index is 14.5. The van der Waals surface area contributed by atoms with Crippen molar-refractivity contribution in [2.45, 2.75) is 116 Å². The van der Waals surface area contributed by atoms with Gasteiger partial charge in [0.25, 0.3) is 5.91 Å². The second-order valence-corrected chi connectivity index (χ2v) is 13.4. The lowest BCUT2D eigenvalue weighted by Crippen LogP contribution is -2.74. The third kappa shape index (κ3) is 6.32. The molecule has 2 unspecified atom stereocenters. The Labute approximate surface area is 224 Å². The van der Waals surface area contributed by atoms with Gasteiger partial charge in [-0.15, -0.1) is 0 Å². The Hall–Kier alpha value is -1.26. The van der Waals surface area contributed by atoms with Crippen molar-refractivity contribution in [2.75, 3.05) is 39.8 Å². The Kier molecular flexibility index (Phi) is 9.21. The number of carbonyl (C=O) groups is 2. The molecule has 0 aromatic rings. The minimum atomic E-state index is -0.667. The molecule has 0 aromatic carbocycles. The van der Waals surface area contributed by atoms with Crippen molar-refractivity contribution in [3.8, 4) is 0 Å². The number of quaternary nitrogens is 1. The van der Waals surface area contributed by atoms with Crippen LogP contribution in [0.15, 0.2) is 0 Å². The quantitative estimate of drug-likeness (QED) is 0.382. The van der Waals surface area contributed by atoms with E-state index in [1.807, 2.05) is 0 Å². The molecular formula is C28H53N6O3+. The molecule has 3 saturated heterocycles. The van der Waals surface area contributed by atoms with Crippen LogP contribution >= 0.6 is 0 Å². The monoisotopic (exact) mass is 521 g/mol. The Morgan fingerprint density at radius 2 is 1.78 bits per heavy atom. The highest BCUT2D eigenvalue weighted by Crippen LogP contribution is 2.40. The van der Waals surface area contributed by atoms with Crippen molar-refractivity contribution in [3.05, 3.63) is 0 Å². The Balaban J connectivity index is 1.58. The first kappa shape index (κ1) is 28.7. The molecule has 1 aliphatic carbocycles. The van der Waals surface area contributed by atoms with Gasteiger partial charge in [-0.05, 0) is 57.7 Å². The average molecular weight is 522 g/mol. The van der Waals surface area contributed by atoms with Crippen molar-refractivity contribution in [1.82, 2.24) is 26.1 Å². The molecule has 4 aliphatic rings. The molecule has 3 aliphatic heterocycles. The van der Waals surface area contributed by atoms with E-state index in [0.717, 1.165) is 38.3 Å². The number of β-amino-alcohol motifs (C(OH)–C–C–N with tert-alkyl or cyclic N) is 1. The van der Waals surface area contributed by atoms with Crippen LogP contribution in [-0.2, 0) is 9.59 Å². The number of aliphatic hydroxyl groups excluding tert-OH is 1. The fourth-order valence-corrected chi connectivity index (χ4v) is 7.51. The minimum absolute atomic E-state index is 0.0109. The number of likely N-dealkylation sites (N-methyl/N-ethyl adjacent to an activating group) is 1. The summed E-state index contributed by atoms with van der Waals surface area (Å²) in [6, 6.07) is -0.336. The Morgan fingerprint density at radius 3 is 2.41 bits per heavy atom. The number of amides is 2. The molecular weight excluding hydrogens is 468 g/mol. The van der Waals surface area contributed by atoms with Gasteiger partial charge < -0.3 is 20.2 Å². The van der Waals surface area contributed by atoms with Gasteiger partial charge in [0, 0.05) is 38.3 Å². The summed E-state index contributed by atoms with van der Waals surface area (Å²) in [6.45, 7) is 13.4. The van der Waals surface area contributed by atoms with Crippen LogP contribution in [0.3, 0.4) is 0 Å². The van der Waals surface area contributed by atoms with Gasteiger partial charge >= 0.3 is 0 Å². The normalized spacial score (nSPS) is 33.6. The zero-order chi connectivity index (χ0) is 26.8. The summed E-state index contributed by atoms with van der Waals surface area (Å²) >= 11 is 0. The van der Waals surface area contributed by atoms with Crippen molar-refractivity contribution in [3.63, 3.8) is 0 Å². The van der Waals surface area contributed by atoms with Crippen molar-refractivity contribution >= 4 is 11.8 Å². The summed E-state index contributed by atoms with van der Waals surface area (Å²) in [5.41, 5.74) is 7.03. The summed E-state index contributed by atoms with van der Waals surface area (Å²) < 4.78 is 0.539. The molecule has 3 heterocycles. The molecule has 1 saturated carbocycles. The number of aliphatic hydroxyl groups is 1. The van der Waals surface area contributed by atoms with E-state index < -0.39 is 12.1 Å². The second-order valence-electron chi connectivity index (χ2n) is 13.4. The van der Waals surface area contributed by atoms with Gasteiger partial charge in [-0.3, -0.25) is 9.59 Å². The first-order valence-electron chi connectivity index (χ1n) is 14.9. The minimum Gasteiger partial charge on any atom is -0.391 e. The van der Waals surface area contributed by atoms with E-state index in [-0.39, 0.29) is 35.9 Å². The maximum absolute atomic E-state index is 14.5. The van der Waals surface area contributed by atoms with E-state index >= 15 is 0 Å². The third-order valence-corrected chi connectivity index (χ3v) is 9.52. The largest absolute Gasteiger partial charge is 0.391 e. The highest BCUT2D eigenvalue weighted by atomic mass is 16.3. The number of hydrogen-bond donors (Lipinski definition) is 4. The SMILES string of the molecule is CNC(=O)[C@@H]1C[C@@H](O)CN1C(=O)[C@H](C(C)(C)C)[N+]1(C2CCCCC2)CC(CCN2CCC(C)CC2)NN1. The number of hydrazine groups is 1. The molecule has 37 heavy (non-hydrogen) atoms. The van der Waals surface area contributed by atoms with Crippen LogP contribution in [-0.4, -0.2) is 101 Å². The van der Waals surface area contributed by atoms with Crippen LogP contribution in [0.2, 0.25) is 0 Å². The van der Waals surface area contributed by atoms with E-state index in [4.69, 9.17) is 0 Å². The lowest BCUT2D eigenvalue weighted by Gasteiger charge is -2.50. The standard InChI is InChI=1S/C28H52N6O3/c1-20-11-14-32(15-12-20)16-13-21-19-34(31-30-21,22-9-7-6-8-10-22)25(28(2,3)4)27(37)33-18-23(35)17-24(33)26(36)29-5/h20-25,30-31,35H,6-19H2,1-5H3/p+1/t21?,23-,24+,25-,34?/m1/s1. The molecule has 0 spiro atoms. The van der Waals surface area contributed by atoms with Crippen LogP contribution in [0.5, 0.6) is 0 Å². The smallest absolute Gasteiger partial charge is 0.284 e. The second kappa shape index (κ2) is 11.9. The zero-order valence-corrected chi connectivity index (χ0v) is 24.0. The molecule has 4 N–H and O–H groups in total. The van der Waals surface area contributed by atoms with E-state index in [1.54, 1.807) is 11.9 Å². The van der Waals surface area contributed by atoms with Crippen molar-refractivity contribution in [1.29, 1.82) is 0 Å². The van der Waals surface area contributed by atoms with Crippen molar-refractivity contribution < 1.29 is 19.3 Å². The number of rotatable bonds is 7. The van der Waals surface area contributed by atoms with E-state index in [1.165, 1.54) is 45.2 Å². The molecule has 2 amide bonds. The highest BCUT2D eigenvalue weighted by Gasteiger charge is 2.59. The molecule has 9 heteroatoms. The molecule has 0 bridgehead atoms. The van der Waals surface area contributed by atoms with E-state index in [0.29, 0.717) is 17.1 Å². The summed E-state index contributed by atoms with van der Waals surface area (Å²) in [5, 5.41) is 13.2. The fraction of sp³-hybridized carbons (Fsp3) is 0.929. The van der Waals surface area contributed by atoms with Crippen molar-refractivity contribution in [2.24, 2.45) is 11.3 Å². The summed E-state index contributed by atoms with van der Waals surface area (Å²) in [6.07, 6.45) is 9.11. The lowest BCUT2D eigenvalue weighted by atomic mass is 9.80. The van der Waals surface area contributed by atoms with Gasteiger partial charge in [-0.1, -0.05) is 39.7 Å². The number of hydrogen-bond acceptors (Lipinski definition) is 6. The molecule has 212 valence electrons. The third-order valence-electron chi connectivity index (χ3n) is 9.52. The summed E-state index contributed by atoms with van der Waals surface area (Å²) in [4.78, 5) is 31.5. The predicted molar refractivity (Wildman–Crippen MR) is 145 cm³/mol. The molecule has 4 fully saturated rings. The van der Waals surface area contributed by atoms with E-state index in [9.17, 15) is 14.7 Å². The van der Waals surface area contributed by atoms with Crippen LogP contribution in [0, 0.1) is 11.3 Å². The molecule has 4 rings (SSSR count). The first-order valence-corrected chi connectivity index (χ1v) is 14.9. The van der Waals surface area contributed by atoms with Gasteiger partial charge in [-0.2, -0.15) is 0 Å². The molecule has 0 aromatic heterocycles. The Morgan fingerprint density at radius 1 is 1.11 bits per heavy atom. The maximum Gasteiger partial charge on any atom is 0.284 e. The summed E-state index contributed by atoms with van der Waals surface area (Å²) in [7, 11) is 1.60. The number of carbonyl (C=O) groups excluding carboxylic acids is 2. The topological polar surface area (TPSA) is 96.9 Å². The average Bonchev–Trinajstić information content (AvgIpc) is 3.47. The Bertz CT molecular complexity index is 789. The van der Waals surface area contributed by atoms with E-state index in [2.05, 4.69) is 48.9 Å². The predicted octanol–water partition coefficient (Wildman–Crippen LogP) is 1.77. The van der Waals surface area contributed by atoms with Gasteiger partial charge in [0.1, 0.15) is 18.6 Å². The number of nitrogens with zero attached hydrogens (tertiary/aromatic N) is 3. The van der Waals surface area contributed by atoms with Crippen LogP contribution in [0.4, 0.5) is 0 Å². The van der Waals surface area contributed by atoms with Gasteiger partial charge in [0.2, 0.25) is 5.91 Å². The molecule has 5 atom stereocenters. The number of nitrogens with one attached hydrogen (secondary N) is 3. The lowest BCUT2D eigenvalue weighted by molar-refractivity contribution is -1.00. The first-order chi connectivity index (χ1) is 17.5. The van der Waals surface area contributed by atoms with Gasteiger partial charge in [0.05, 0.1) is 12.1 Å². The van der Waals surface area contributed by atoms with Crippen LogP contribution in [0.25, 0.3) is 0 Å². The van der Waals surface area contributed by atoms with Gasteiger partial charge in [0.15, 0.2) is 6.04 Å². The summed E-state index contributed by atoms with van der Waals surface area (Å²) in [5.74, 6) is 0.630. The zero-order valence-electron chi connectivity index (χ0n) is 24.0. The van der Waals surface area contributed by atoms with Gasteiger partial charge in [-0.25, -0.2) is 10.0 Å². The number of likely N-dealkylation sites (tertiary alicyclic amines) is 2. The highest BCUT2D eigenvalue weighted by molar-refractivity contribution is 5.90. The number of piperidine rings is 1. The van der Waals surface area contributed by atoms with Crippen LogP contribution in [0.1, 0.15) is 85.5 Å². The molecule has 0 radical (unpaired) electrons.